The molecule has 9 heteroatoms. The summed E-state index contributed by atoms with van der Waals surface area (Å²) < 4.78 is 0.852. The van der Waals surface area contributed by atoms with Gasteiger partial charge in [0.1, 0.15) is 0 Å². The minimum Gasteiger partial charge on any atom is -0.481 e. The maximum absolute atomic E-state index is 13.6. The smallest absolute Gasteiger partial charge is 0.303 e. The van der Waals surface area contributed by atoms with Crippen molar-refractivity contribution in [3.05, 3.63) is 104 Å². The first-order chi connectivity index (χ1) is 18.3. The summed E-state index contributed by atoms with van der Waals surface area (Å²) in [6.07, 6.45) is 0.435. The van der Waals surface area contributed by atoms with Crippen LogP contribution < -0.4 is 5.56 Å². The van der Waals surface area contributed by atoms with E-state index in [0.717, 1.165) is 21.0 Å². The van der Waals surface area contributed by atoms with Crippen LogP contribution in [0.15, 0.2) is 87.2 Å². The first-order valence-electron chi connectivity index (χ1n) is 12.1. The number of hydrazone groups is 1. The fourth-order valence-electron chi connectivity index (χ4n) is 4.82. The molecule has 0 aliphatic carbocycles. The van der Waals surface area contributed by atoms with Crippen molar-refractivity contribution in [1.82, 2.24) is 9.99 Å². The van der Waals surface area contributed by atoms with Gasteiger partial charge in [0.15, 0.2) is 0 Å². The number of halogens is 2. The molecule has 38 heavy (non-hydrogen) atoms. The first kappa shape index (κ1) is 25.9. The number of hydrogen-bond donors (Lipinski definition) is 2. The van der Waals surface area contributed by atoms with E-state index in [2.05, 4.69) is 20.9 Å². The molecule has 0 fully saturated rings. The van der Waals surface area contributed by atoms with Crippen molar-refractivity contribution in [3.63, 3.8) is 0 Å². The largest absolute Gasteiger partial charge is 0.481 e. The average Bonchev–Trinajstić information content (AvgIpc) is 3.34. The van der Waals surface area contributed by atoms with Crippen molar-refractivity contribution < 1.29 is 14.7 Å². The summed E-state index contributed by atoms with van der Waals surface area (Å²) in [4.78, 5) is 40.8. The minimum absolute atomic E-state index is 0.0306. The molecule has 1 aliphatic heterocycles. The summed E-state index contributed by atoms with van der Waals surface area (Å²) in [5, 5.41) is 16.4. The van der Waals surface area contributed by atoms with Crippen molar-refractivity contribution in [3.8, 4) is 11.1 Å². The molecule has 2 N–H and O–H groups in total. The number of nitrogens with one attached hydrogen (secondary N) is 1. The van der Waals surface area contributed by atoms with Gasteiger partial charge in [-0.1, -0.05) is 70.0 Å². The third kappa shape index (κ3) is 5.28. The summed E-state index contributed by atoms with van der Waals surface area (Å²) in [6, 6.07) is 22.0. The van der Waals surface area contributed by atoms with Gasteiger partial charge in [-0.2, -0.15) is 5.10 Å². The molecule has 2 heterocycles. The molecule has 0 bridgehead atoms. The second kappa shape index (κ2) is 10.9. The second-order valence-corrected chi connectivity index (χ2v) is 10.4. The van der Waals surface area contributed by atoms with E-state index in [4.69, 9.17) is 21.8 Å². The topological polar surface area (TPSA) is 103 Å². The van der Waals surface area contributed by atoms with Crippen molar-refractivity contribution in [2.24, 2.45) is 5.10 Å². The molecule has 1 unspecified atom stereocenters. The molecular formula is C29H23BrClN3O4. The molecule has 1 amide bonds. The number of aliphatic carboxylic acids is 1. The maximum atomic E-state index is 13.6. The van der Waals surface area contributed by atoms with Gasteiger partial charge in [-0.05, 0) is 47.9 Å². The highest BCUT2D eigenvalue weighted by molar-refractivity contribution is 9.10. The van der Waals surface area contributed by atoms with Gasteiger partial charge in [-0.25, -0.2) is 5.01 Å². The summed E-state index contributed by atoms with van der Waals surface area (Å²) in [5.74, 6) is -1.26. The Kier molecular flexibility index (Phi) is 7.44. The Morgan fingerprint density at radius 3 is 2.55 bits per heavy atom. The quantitative estimate of drug-likeness (QED) is 0.254. The van der Waals surface area contributed by atoms with E-state index in [0.29, 0.717) is 33.8 Å². The number of aromatic amines is 1. The van der Waals surface area contributed by atoms with E-state index < -0.39 is 12.0 Å². The van der Waals surface area contributed by atoms with Gasteiger partial charge < -0.3 is 10.1 Å². The van der Waals surface area contributed by atoms with Crippen LogP contribution in [0, 0.1) is 0 Å². The van der Waals surface area contributed by atoms with E-state index in [1.54, 1.807) is 12.1 Å². The molecule has 0 saturated carbocycles. The molecular weight excluding hydrogens is 570 g/mol. The molecule has 1 aliphatic rings. The summed E-state index contributed by atoms with van der Waals surface area (Å²) >= 11 is 9.86. The molecule has 0 spiro atoms. The Labute approximate surface area is 231 Å². The summed E-state index contributed by atoms with van der Waals surface area (Å²) in [5.41, 5.74) is 3.56. The lowest BCUT2D eigenvalue weighted by Crippen LogP contribution is -2.27. The number of benzene rings is 3. The number of rotatable bonds is 7. The van der Waals surface area contributed by atoms with Gasteiger partial charge in [0.2, 0.25) is 5.91 Å². The number of pyridine rings is 1. The van der Waals surface area contributed by atoms with Gasteiger partial charge in [-0.3, -0.25) is 14.4 Å². The van der Waals surface area contributed by atoms with E-state index in [1.165, 1.54) is 5.01 Å². The summed E-state index contributed by atoms with van der Waals surface area (Å²) in [6.45, 7) is 0. The second-order valence-electron chi connectivity index (χ2n) is 9.07. The average molecular weight is 593 g/mol. The third-order valence-corrected chi connectivity index (χ3v) is 7.24. The first-order valence-corrected chi connectivity index (χ1v) is 13.3. The lowest BCUT2D eigenvalue weighted by Gasteiger charge is -2.22. The predicted octanol–water partition coefficient (Wildman–Crippen LogP) is 6.54. The van der Waals surface area contributed by atoms with E-state index >= 15 is 0 Å². The zero-order chi connectivity index (χ0) is 26.8. The van der Waals surface area contributed by atoms with Gasteiger partial charge >= 0.3 is 5.97 Å². The number of amides is 1. The minimum atomic E-state index is -0.958. The van der Waals surface area contributed by atoms with Crippen LogP contribution >= 0.6 is 27.5 Å². The molecule has 5 rings (SSSR count). The van der Waals surface area contributed by atoms with Crippen LogP contribution in [-0.2, 0) is 9.59 Å². The molecule has 0 saturated heterocycles. The van der Waals surface area contributed by atoms with Crippen molar-refractivity contribution in [1.29, 1.82) is 0 Å². The molecule has 1 atom stereocenters. The van der Waals surface area contributed by atoms with Crippen LogP contribution in [0.4, 0.5) is 0 Å². The number of aromatic nitrogens is 1. The van der Waals surface area contributed by atoms with E-state index in [9.17, 15) is 14.4 Å². The van der Waals surface area contributed by atoms with Crippen molar-refractivity contribution in [2.45, 2.75) is 31.7 Å². The predicted molar refractivity (Wildman–Crippen MR) is 151 cm³/mol. The number of fused-ring (bicyclic) bond motifs is 1. The Balaban J connectivity index is 1.67. The highest BCUT2D eigenvalue weighted by Gasteiger charge is 2.35. The number of carbonyl (C=O) groups is 2. The highest BCUT2D eigenvalue weighted by Crippen LogP contribution is 2.38. The fraction of sp³-hybridized carbons (Fsp3) is 0.172. The highest BCUT2D eigenvalue weighted by atomic mass is 79.9. The van der Waals surface area contributed by atoms with Gasteiger partial charge in [0, 0.05) is 45.2 Å². The fourth-order valence-corrected chi connectivity index (χ4v) is 5.40. The Morgan fingerprint density at radius 1 is 1.03 bits per heavy atom. The molecule has 1 aromatic heterocycles. The zero-order valence-corrected chi connectivity index (χ0v) is 22.5. The van der Waals surface area contributed by atoms with Gasteiger partial charge in [-0.15, -0.1) is 0 Å². The SMILES string of the molecule is O=C(O)CCCC(=O)N1N=C(c2c(-c3ccccc3)c3cc(Cl)ccc3[nH]c2=O)CC1c1cccc(Br)c1. The van der Waals surface area contributed by atoms with Crippen LogP contribution in [-0.4, -0.2) is 32.7 Å². The van der Waals surface area contributed by atoms with Crippen LogP contribution in [0.5, 0.6) is 0 Å². The van der Waals surface area contributed by atoms with Crippen LogP contribution in [0.3, 0.4) is 0 Å². The van der Waals surface area contributed by atoms with Gasteiger partial charge in [0.25, 0.3) is 5.56 Å². The van der Waals surface area contributed by atoms with Crippen molar-refractivity contribution >= 4 is 56.0 Å². The van der Waals surface area contributed by atoms with E-state index in [-0.39, 0.29) is 30.7 Å². The lowest BCUT2D eigenvalue weighted by atomic mass is 9.91. The standard InChI is InChI=1S/C29H23BrClN3O4/c30-19-9-4-8-18(14-19)24-16-23(33-34(24)25(35)10-5-11-26(36)37)28-27(17-6-2-1-3-7-17)21-15-20(31)12-13-22(21)32-29(28)38/h1-4,6-9,12-15,24H,5,10-11,16H2,(H,32,38)(H,36,37). The Morgan fingerprint density at radius 2 is 1.82 bits per heavy atom. The Bertz CT molecular complexity index is 1630. The molecule has 7 nitrogen and oxygen atoms in total. The third-order valence-electron chi connectivity index (χ3n) is 6.51. The number of carbonyl (C=O) groups excluding carboxylic acids is 1. The normalized spacial score (nSPS) is 15.1. The monoisotopic (exact) mass is 591 g/mol. The van der Waals surface area contributed by atoms with Gasteiger partial charge in [0.05, 0.1) is 17.3 Å². The van der Waals surface area contributed by atoms with E-state index in [1.807, 2.05) is 60.7 Å². The Hall–Kier alpha value is -3.75. The number of hydrogen-bond acceptors (Lipinski definition) is 4. The molecule has 3 aromatic carbocycles. The number of carboxylic acids is 1. The molecule has 192 valence electrons. The maximum Gasteiger partial charge on any atom is 0.303 e. The van der Waals surface area contributed by atoms with Crippen LogP contribution in [0.2, 0.25) is 5.02 Å². The molecule has 0 radical (unpaired) electrons. The summed E-state index contributed by atoms with van der Waals surface area (Å²) in [7, 11) is 0. The number of nitrogens with zero attached hydrogens (tertiary/aromatic N) is 2. The lowest BCUT2D eigenvalue weighted by molar-refractivity contribution is -0.137. The van der Waals surface area contributed by atoms with Crippen LogP contribution in [0.25, 0.3) is 22.0 Å². The van der Waals surface area contributed by atoms with Crippen LogP contribution in [0.1, 0.15) is 42.9 Å². The zero-order valence-electron chi connectivity index (χ0n) is 20.2. The number of carboxylic acid groups (broad SMARTS) is 1. The number of H-pyrrole nitrogens is 1. The van der Waals surface area contributed by atoms with Crippen molar-refractivity contribution in [2.75, 3.05) is 0 Å². The molecule has 4 aromatic rings.